The lowest BCUT2D eigenvalue weighted by molar-refractivity contribution is -0.114. The highest BCUT2D eigenvalue weighted by molar-refractivity contribution is 5.91. The van der Waals surface area contributed by atoms with Gasteiger partial charge in [0, 0.05) is 44.1 Å². The molecule has 3 rings (SSSR count). The molecule has 0 saturated carbocycles. The molecule has 0 aliphatic carbocycles. The van der Waals surface area contributed by atoms with Crippen LogP contribution < -0.4 is 20.9 Å². The van der Waals surface area contributed by atoms with Crippen molar-refractivity contribution >= 4 is 29.1 Å². The Morgan fingerprint density at radius 3 is 2.35 bits per heavy atom. The van der Waals surface area contributed by atoms with Gasteiger partial charge in [0.05, 0.1) is 0 Å². The minimum Gasteiger partial charge on any atom is -0.357 e. The highest BCUT2D eigenvalue weighted by Gasteiger charge is 2.13. The number of aromatic nitrogens is 1. The number of hydrogen-bond donors (Lipinski definition) is 3. The number of pyridine rings is 1. The van der Waals surface area contributed by atoms with Gasteiger partial charge < -0.3 is 20.9 Å². The van der Waals surface area contributed by atoms with Gasteiger partial charge in [-0.15, -0.1) is 0 Å². The van der Waals surface area contributed by atoms with Gasteiger partial charge in [-0.25, -0.2) is 9.78 Å². The minimum absolute atomic E-state index is 0.130. The summed E-state index contributed by atoms with van der Waals surface area (Å²) in [7, 11) is 0. The van der Waals surface area contributed by atoms with E-state index in [1.807, 2.05) is 12.1 Å². The largest absolute Gasteiger partial charge is 0.357 e. The van der Waals surface area contributed by atoms with Crippen LogP contribution in [0, 0.1) is 0 Å². The second-order valence-electron chi connectivity index (χ2n) is 6.28. The third kappa shape index (κ3) is 4.95. The van der Waals surface area contributed by atoms with Crippen LogP contribution in [0.5, 0.6) is 0 Å². The third-order valence-electron chi connectivity index (χ3n) is 4.16. The lowest BCUT2D eigenvalue weighted by Crippen LogP contribution is -2.28. The maximum Gasteiger partial charge on any atom is 0.319 e. The fraction of sp³-hybridized carbons (Fsp3) is 0.316. The second-order valence-corrected chi connectivity index (χ2v) is 6.28. The molecule has 0 bridgehead atoms. The van der Waals surface area contributed by atoms with Crippen LogP contribution in [-0.4, -0.2) is 30.0 Å². The normalized spacial score (nSPS) is 13.3. The predicted molar refractivity (Wildman–Crippen MR) is 102 cm³/mol. The first-order valence-electron chi connectivity index (χ1n) is 8.72. The van der Waals surface area contributed by atoms with Crippen molar-refractivity contribution in [2.24, 2.45) is 0 Å². The number of carbonyl (C=O) groups is 2. The molecule has 3 N–H and O–H groups in total. The molecule has 2 heterocycles. The lowest BCUT2D eigenvalue weighted by atomic mass is 10.2. The molecular formula is C19H23N5O2. The Hall–Kier alpha value is -3.09. The van der Waals surface area contributed by atoms with Gasteiger partial charge in [0.1, 0.15) is 5.82 Å². The molecule has 136 valence electrons. The zero-order valence-corrected chi connectivity index (χ0v) is 14.8. The van der Waals surface area contributed by atoms with Crippen LogP contribution in [0.3, 0.4) is 0 Å². The van der Waals surface area contributed by atoms with Gasteiger partial charge in [-0.2, -0.15) is 0 Å². The van der Waals surface area contributed by atoms with Gasteiger partial charge >= 0.3 is 6.03 Å². The molecule has 0 unspecified atom stereocenters. The zero-order valence-electron chi connectivity index (χ0n) is 14.8. The number of hydrogen-bond acceptors (Lipinski definition) is 4. The fourth-order valence-corrected chi connectivity index (χ4v) is 2.89. The molecule has 1 aliphatic heterocycles. The molecule has 1 aromatic carbocycles. The number of benzene rings is 1. The van der Waals surface area contributed by atoms with E-state index < -0.39 is 0 Å². The first kappa shape index (κ1) is 17.7. The Balaban J connectivity index is 1.51. The molecule has 1 saturated heterocycles. The summed E-state index contributed by atoms with van der Waals surface area (Å²) in [6.07, 6.45) is 4.18. The minimum atomic E-state index is -0.281. The van der Waals surface area contributed by atoms with Crippen LogP contribution in [-0.2, 0) is 11.3 Å². The number of carbonyl (C=O) groups excluding carboxylic acids is 2. The van der Waals surface area contributed by atoms with Crippen molar-refractivity contribution in [3.8, 4) is 0 Å². The first-order chi connectivity index (χ1) is 12.6. The molecule has 0 atom stereocenters. The fourth-order valence-electron chi connectivity index (χ4n) is 2.89. The van der Waals surface area contributed by atoms with Crippen molar-refractivity contribution in [1.82, 2.24) is 10.3 Å². The Kier molecular flexibility index (Phi) is 5.68. The van der Waals surface area contributed by atoms with E-state index in [0.29, 0.717) is 17.9 Å². The van der Waals surface area contributed by atoms with Crippen molar-refractivity contribution in [1.29, 1.82) is 0 Å². The topological polar surface area (TPSA) is 86.4 Å². The molecule has 0 radical (unpaired) electrons. The van der Waals surface area contributed by atoms with Crippen molar-refractivity contribution in [3.63, 3.8) is 0 Å². The average molecular weight is 353 g/mol. The SMILES string of the molecule is CC(=O)Nc1ccc(NC(=O)NCc2ccnc(N3CCCC3)c2)cc1. The highest BCUT2D eigenvalue weighted by atomic mass is 16.2. The summed E-state index contributed by atoms with van der Waals surface area (Å²) >= 11 is 0. The third-order valence-corrected chi connectivity index (χ3v) is 4.16. The molecule has 2 aromatic rings. The lowest BCUT2D eigenvalue weighted by Gasteiger charge is -2.17. The van der Waals surface area contributed by atoms with Crippen molar-refractivity contribution in [2.75, 3.05) is 28.6 Å². The summed E-state index contributed by atoms with van der Waals surface area (Å²) in [5, 5.41) is 8.30. The van der Waals surface area contributed by atoms with E-state index in [1.165, 1.54) is 19.8 Å². The van der Waals surface area contributed by atoms with E-state index >= 15 is 0 Å². The number of urea groups is 1. The zero-order chi connectivity index (χ0) is 18.4. The quantitative estimate of drug-likeness (QED) is 0.771. The number of anilines is 3. The Morgan fingerprint density at radius 1 is 1.04 bits per heavy atom. The molecule has 7 nitrogen and oxygen atoms in total. The molecule has 0 spiro atoms. The first-order valence-corrected chi connectivity index (χ1v) is 8.72. The van der Waals surface area contributed by atoms with Gasteiger partial charge in [0.15, 0.2) is 0 Å². The van der Waals surface area contributed by atoms with Gasteiger partial charge in [0.25, 0.3) is 0 Å². The average Bonchev–Trinajstić information content (AvgIpc) is 3.16. The summed E-state index contributed by atoms with van der Waals surface area (Å²) < 4.78 is 0. The highest BCUT2D eigenvalue weighted by Crippen LogP contribution is 2.18. The van der Waals surface area contributed by atoms with Gasteiger partial charge in [-0.05, 0) is 54.8 Å². The number of nitrogens with one attached hydrogen (secondary N) is 3. The van der Waals surface area contributed by atoms with Crippen LogP contribution in [0.4, 0.5) is 22.0 Å². The van der Waals surface area contributed by atoms with Crippen LogP contribution in [0.25, 0.3) is 0 Å². The van der Waals surface area contributed by atoms with Gasteiger partial charge in [-0.3, -0.25) is 4.79 Å². The standard InChI is InChI=1S/C19H23N5O2/c1-14(25)22-16-4-6-17(7-5-16)23-19(26)21-13-15-8-9-20-18(12-15)24-10-2-3-11-24/h4-9,12H,2-3,10-11,13H2,1H3,(H,22,25)(H2,21,23,26). The van der Waals surface area contributed by atoms with Crippen LogP contribution in [0.1, 0.15) is 25.3 Å². The van der Waals surface area contributed by atoms with E-state index in [0.717, 1.165) is 24.5 Å². The summed E-state index contributed by atoms with van der Waals surface area (Å²) in [4.78, 5) is 29.8. The van der Waals surface area contributed by atoms with E-state index in [4.69, 9.17) is 0 Å². The van der Waals surface area contributed by atoms with Crippen molar-refractivity contribution in [2.45, 2.75) is 26.3 Å². The molecule has 1 aromatic heterocycles. The summed E-state index contributed by atoms with van der Waals surface area (Å²) in [5.41, 5.74) is 2.36. The summed E-state index contributed by atoms with van der Waals surface area (Å²) in [6.45, 7) is 3.96. The van der Waals surface area contributed by atoms with E-state index in [9.17, 15) is 9.59 Å². The Morgan fingerprint density at radius 2 is 1.69 bits per heavy atom. The monoisotopic (exact) mass is 353 g/mol. The molecule has 3 amide bonds. The van der Waals surface area contributed by atoms with E-state index in [1.54, 1.807) is 30.5 Å². The van der Waals surface area contributed by atoms with Crippen molar-refractivity contribution < 1.29 is 9.59 Å². The van der Waals surface area contributed by atoms with Crippen LogP contribution in [0.15, 0.2) is 42.6 Å². The molecule has 1 fully saturated rings. The molecule has 1 aliphatic rings. The Bertz CT molecular complexity index is 770. The molecule has 7 heteroatoms. The van der Waals surface area contributed by atoms with Crippen molar-refractivity contribution in [3.05, 3.63) is 48.2 Å². The maximum absolute atomic E-state index is 12.1. The second kappa shape index (κ2) is 8.33. The summed E-state index contributed by atoms with van der Waals surface area (Å²) in [5.74, 6) is 0.838. The molecular weight excluding hydrogens is 330 g/mol. The molecule has 26 heavy (non-hydrogen) atoms. The van der Waals surface area contributed by atoms with Gasteiger partial charge in [0.2, 0.25) is 5.91 Å². The summed E-state index contributed by atoms with van der Waals surface area (Å²) in [6, 6.07) is 10.6. The predicted octanol–water partition coefficient (Wildman–Crippen LogP) is 2.96. The van der Waals surface area contributed by atoms with Gasteiger partial charge in [-0.1, -0.05) is 0 Å². The number of rotatable bonds is 5. The van der Waals surface area contributed by atoms with E-state index in [-0.39, 0.29) is 11.9 Å². The number of amides is 3. The van der Waals surface area contributed by atoms with Crippen LogP contribution >= 0.6 is 0 Å². The Labute approximate surface area is 152 Å². The smallest absolute Gasteiger partial charge is 0.319 e. The van der Waals surface area contributed by atoms with Crippen LogP contribution in [0.2, 0.25) is 0 Å². The number of nitrogens with zero attached hydrogens (tertiary/aromatic N) is 2. The maximum atomic E-state index is 12.1. The van der Waals surface area contributed by atoms with E-state index in [2.05, 4.69) is 25.8 Å².